The Bertz CT molecular complexity index is 1200. The molecule has 3 rings (SSSR count). The lowest BCUT2D eigenvalue weighted by atomic mass is 10.1. The van der Waals surface area contributed by atoms with Gasteiger partial charge in [0.05, 0.1) is 12.2 Å². The molecular weight excluding hydrogens is 392 g/mol. The molecule has 0 saturated carbocycles. The van der Waals surface area contributed by atoms with Gasteiger partial charge in [-0.05, 0) is 44.0 Å². The average molecular weight is 413 g/mol. The van der Waals surface area contributed by atoms with Crippen molar-refractivity contribution in [1.29, 1.82) is 0 Å². The van der Waals surface area contributed by atoms with E-state index < -0.39 is 17.2 Å². The van der Waals surface area contributed by atoms with Gasteiger partial charge in [0.2, 0.25) is 5.69 Å². The van der Waals surface area contributed by atoms with Gasteiger partial charge >= 0.3 is 5.69 Å². The van der Waals surface area contributed by atoms with E-state index in [0.717, 1.165) is 25.9 Å². The maximum absolute atomic E-state index is 13.1. The Kier molecular flexibility index (Phi) is 5.98. The van der Waals surface area contributed by atoms with Crippen LogP contribution in [0, 0.1) is 13.8 Å². The van der Waals surface area contributed by atoms with E-state index in [-0.39, 0.29) is 12.2 Å². The van der Waals surface area contributed by atoms with Gasteiger partial charge in [0.15, 0.2) is 0 Å². The molecule has 29 heavy (non-hydrogen) atoms. The van der Waals surface area contributed by atoms with Crippen LogP contribution in [0.1, 0.15) is 34.1 Å². The van der Waals surface area contributed by atoms with Crippen LogP contribution in [0.15, 0.2) is 52.1 Å². The smallest absolute Gasteiger partial charge is 0.351 e. The molecule has 2 aromatic carbocycles. The summed E-state index contributed by atoms with van der Waals surface area (Å²) in [4.78, 5) is 38.4. The Hall–Kier alpha value is -3.19. The molecule has 3 aromatic rings. The Morgan fingerprint density at radius 3 is 2.55 bits per heavy atom. The minimum atomic E-state index is -0.739. The van der Waals surface area contributed by atoms with E-state index in [9.17, 15) is 14.4 Å². The molecule has 0 atom stereocenters. The molecule has 0 bridgehead atoms. The molecular formula is C21H21ClN4O3. The summed E-state index contributed by atoms with van der Waals surface area (Å²) in [5.74, 6) is -0.637. The highest BCUT2D eigenvalue weighted by Gasteiger charge is 2.20. The fourth-order valence-electron chi connectivity index (χ4n) is 2.92. The second kappa shape index (κ2) is 8.45. The average Bonchev–Trinajstić information content (AvgIpc) is 2.68. The van der Waals surface area contributed by atoms with Crippen molar-refractivity contribution < 1.29 is 4.79 Å². The third-order valence-electron chi connectivity index (χ3n) is 4.44. The number of hydrogen-bond acceptors (Lipinski definition) is 4. The van der Waals surface area contributed by atoms with Gasteiger partial charge in [-0.15, -0.1) is 0 Å². The maximum atomic E-state index is 13.1. The Morgan fingerprint density at radius 1 is 1.14 bits per heavy atom. The summed E-state index contributed by atoms with van der Waals surface area (Å²) >= 11 is 6.20. The summed E-state index contributed by atoms with van der Waals surface area (Å²) in [5, 5.41) is 7.07. The van der Waals surface area contributed by atoms with E-state index in [1.807, 2.05) is 38.1 Å². The van der Waals surface area contributed by atoms with Crippen LogP contribution in [0.5, 0.6) is 0 Å². The zero-order valence-electron chi connectivity index (χ0n) is 16.4. The molecule has 0 aliphatic carbocycles. The topological polar surface area (TPSA) is 86.0 Å². The van der Waals surface area contributed by atoms with E-state index >= 15 is 0 Å². The second-order valence-corrected chi connectivity index (χ2v) is 7.12. The van der Waals surface area contributed by atoms with Crippen molar-refractivity contribution in [2.45, 2.75) is 27.3 Å². The molecule has 7 nitrogen and oxygen atoms in total. The van der Waals surface area contributed by atoms with Crippen LogP contribution in [-0.4, -0.2) is 26.8 Å². The number of aromatic nitrogens is 3. The SMILES string of the molecule is CCNC(=O)c1nn(-c2ccc(C)c(Cl)c2)c(=O)n(Cc2cccc(C)c2)c1=O. The van der Waals surface area contributed by atoms with Crippen molar-refractivity contribution in [2.75, 3.05) is 6.54 Å². The summed E-state index contributed by atoms with van der Waals surface area (Å²) in [6, 6.07) is 12.5. The number of benzene rings is 2. The molecule has 0 spiro atoms. The van der Waals surface area contributed by atoms with Gasteiger partial charge < -0.3 is 5.32 Å². The van der Waals surface area contributed by atoms with Crippen molar-refractivity contribution in [3.63, 3.8) is 0 Å². The molecule has 0 unspecified atom stereocenters. The molecule has 0 fully saturated rings. The predicted molar refractivity (Wildman–Crippen MR) is 112 cm³/mol. The van der Waals surface area contributed by atoms with Crippen molar-refractivity contribution in [2.24, 2.45) is 0 Å². The Labute approximate surface area is 172 Å². The second-order valence-electron chi connectivity index (χ2n) is 6.72. The van der Waals surface area contributed by atoms with E-state index in [4.69, 9.17) is 11.6 Å². The van der Waals surface area contributed by atoms with Gasteiger partial charge in [-0.25, -0.2) is 4.79 Å². The molecule has 0 aliphatic rings. The molecule has 1 heterocycles. The minimum absolute atomic E-state index is 0.0217. The number of nitrogens with one attached hydrogen (secondary N) is 1. The minimum Gasteiger partial charge on any atom is -0.351 e. The van der Waals surface area contributed by atoms with Gasteiger partial charge in [-0.2, -0.15) is 9.78 Å². The summed E-state index contributed by atoms with van der Waals surface area (Å²) in [5.41, 5.74) is 1.23. The fourth-order valence-corrected chi connectivity index (χ4v) is 3.09. The van der Waals surface area contributed by atoms with Gasteiger partial charge in [-0.3, -0.25) is 14.2 Å². The summed E-state index contributed by atoms with van der Waals surface area (Å²) < 4.78 is 2.05. The van der Waals surface area contributed by atoms with Crippen LogP contribution in [-0.2, 0) is 6.54 Å². The normalized spacial score (nSPS) is 10.8. The third-order valence-corrected chi connectivity index (χ3v) is 4.84. The lowest BCUT2D eigenvalue weighted by molar-refractivity contribution is 0.0946. The predicted octanol–water partition coefficient (Wildman–Crippen LogP) is 2.46. The van der Waals surface area contributed by atoms with Crippen LogP contribution in [0.4, 0.5) is 0 Å². The number of hydrogen-bond donors (Lipinski definition) is 1. The van der Waals surface area contributed by atoms with Crippen LogP contribution < -0.4 is 16.6 Å². The summed E-state index contributed by atoms with van der Waals surface area (Å²) in [6.45, 7) is 5.84. The van der Waals surface area contributed by atoms with Crippen molar-refractivity contribution >= 4 is 17.5 Å². The standard InChI is InChI=1S/C21H21ClN4O3/c1-4-23-19(27)18-20(28)25(12-15-7-5-6-13(2)10-15)21(29)26(24-18)16-9-8-14(3)17(22)11-16/h5-11H,4,12H2,1-3H3,(H,23,27). The van der Waals surface area contributed by atoms with E-state index in [0.29, 0.717) is 17.3 Å². The molecule has 0 aliphatic heterocycles. The van der Waals surface area contributed by atoms with Crippen molar-refractivity contribution in [1.82, 2.24) is 19.7 Å². The van der Waals surface area contributed by atoms with Crippen LogP contribution in [0.3, 0.4) is 0 Å². The Morgan fingerprint density at radius 2 is 1.90 bits per heavy atom. The molecule has 150 valence electrons. The van der Waals surface area contributed by atoms with E-state index in [1.54, 1.807) is 25.1 Å². The highest BCUT2D eigenvalue weighted by Crippen LogP contribution is 2.18. The third kappa shape index (κ3) is 4.30. The van der Waals surface area contributed by atoms with Crippen LogP contribution in [0.25, 0.3) is 5.69 Å². The zero-order chi connectivity index (χ0) is 21.1. The highest BCUT2D eigenvalue weighted by atomic mass is 35.5. The maximum Gasteiger partial charge on any atom is 0.352 e. The van der Waals surface area contributed by atoms with Gasteiger partial charge in [-0.1, -0.05) is 47.5 Å². The van der Waals surface area contributed by atoms with Crippen LogP contribution >= 0.6 is 11.6 Å². The number of carbonyl (C=O) groups is 1. The monoisotopic (exact) mass is 412 g/mol. The first kappa shape index (κ1) is 20.5. The first-order valence-electron chi connectivity index (χ1n) is 9.16. The molecule has 1 aromatic heterocycles. The summed E-state index contributed by atoms with van der Waals surface area (Å²) in [6.07, 6.45) is 0. The number of amides is 1. The largest absolute Gasteiger partial charge is 0.352 e. The quantitative estimate of drug-likeness (QED) is 0.697. The first-order valence-corrected chi connectivity index (χ1v) is 9.54. The van der Waals surface area contributed by atoms with Gasteiger partial charge in [0.25, 0.3) is 11.5 Å². The molecule has 0 radical (unpaired) electrons. The molecule has 8 heteroatoms. The van der Waals surface area contributed by atoms with E-state index in [2.05, 4.69) is 10.4 Å². The molecule has 0 saturated heterocycles. The van der Waals surface area contributed by atoms with E-state index in [1.165, 1.54) is 0 Å². The number of nitrogens with zero attached hydrogens (tertiary/aromatic N) is 3. The lowest BCUT2D eigenvalue weighted by Gasteiger charge is -2.13. The highest BCUT2D eigenvalue weighted by molar-refractivity contribution is 6.31. The number of rotatable bonds is 5. The van der Waals surface area contributed by atoms with Gasteiger partial charge in [0, 0.05) is 11.6 Å². The lowest BCUT2D eigenvalue weighted by Crippen LogP contribution is -2.46. The van der Waals surface area contributed by atoms with Crippen molar-refractivity contribution in [3.8, 4) is 5.69 Å². The Balaban J connectivity index is 2.24. The number of halogens is 1. The van der Waals surface area contributed by atoms with Crippen LogP contribution in [0.2, 0.25) is 5.02 Å². The molecule has 1 amide bonds. The summed E-state index contributed by atoms with van der Waals surface area (Å²) in [7, 11) is 0. The number of carbonyl (C=O) groups excluding carboxylic acids is 1. The zero-order valence-corrected chi connectivity index (χ0v) is 17.2. The number of aryl methyl sites for hydroxylation is 2. The fraction of sp³-hybridized carbons (Fsp3) is 0.238. The van der Waals surface area contributed by atoms with Crippen molar-refractivity contribution in [3.05, 3.63) is 90.7 Å². The van der Waals surface area contributed by atoms with Gasteiger partial charge in [0.1, 0.15) is 0 Å². The first-order chi connectivity index (χ1) is 13.8. The molecule has 1 N–H and O–H groups in total.